The first-order valence-electron chi connectivity index (χ1n) is 12.4. The molecule has 1 aromatic rings. The molecule has 0 radical (unpaired) electrons. The molecule has 0 aliphatic carbocycles. The number of nitrogens with two attached hydrogens (primary N) is 1. The van der Waals surface area contributed by atoms with Gasteiger partial charge in [0.1, 0.15) is 23.4 Å². The number of aliphatic imine (C=N–C) groups is 1. The molecular formula is C25H37N4O6PS. The third-order valence-corrected chi connectivity index (χ3v) is 9.35. The van der Waals surface area contributed by atoms with Crippen molar-refractivity contribution in [2.45, 2.75) is 62.8 Å². The quantitative estimate of drug-likeness (QED) is 0.243. The molecule has 0 amide bonds. The van der Waals surface area contributed by atoms with Crippen molar-refractivity contribution in [1.82, 2.24) is 9.99 Å². The summed E-state index contributed by atoms with van der Waals surface area (Å²) in [6.07, 6.45) is 4.93. The zero-order valence-electron chi connectivity index (χ0n) is 21.5. The van der Waals surface area contributed by atoms with Crippen molar-refractivity contribution in [3.8, 4) is 5.75 Å². The van der Waals surface area contributed by atoms with Crippen LogP contribution in [-0.4, -0.2) is 57.8 Å². The fourth-order valence-electron chi connectivity index (χ4n) is 3.81. The van der Waals surface area contributed by atoms with Crippen LogP contribution in [0.3, 0.4) is 0 Å². The number of nitrogens with one attached hydrogen (secondary N) is 1. The van der Waals surface area contributed by atoms with Crippen LogP contribution in [-0.2, 0) is 18.6 Å². The van der Waals surface area contributed by atoms with Gasteiger partial charge in [-0.05, 0) is 31.1 Å². The van der Waals surface area contributed by atoms with Crippen LogP contribution in [0.1, 0.15) is 40.0 Å². The van der Waals surface area contributed by atoms with E-state index in [0.29, 0.717) is 30.4 Å². The molecule has 0 aromatic heterocycles. The van der Waals surface area contributed by atoms with Gasteiger partial charge in [0, 0.05) is 12.6 Å². The molecule has 3 rings (SSSR count). The number of thioether (sulfide) groups is 1. The van der Waals surface area contributed by atoms with Crippen LogP contribution in [0, 0.1) is 5.92 Å². The molecule has 1 aromatic carbocycles. The standard InChI is InChI=1S/C25H37N4O6PS/c1-5-19(6-2)15-33-25(31)17(3)28-36(32,35-20-10-8-7-9-11-20)34-16-22-21(30)14-24(37-22)29-13-12-23(26)27-18(29)4/h7-13,17,19,21-22,24,30H,4-6,14-16H2,1-3H3,(H2,26,27)(H,28,32)/t17-,21+,22+,24+,36?/m0/s1. The lowest BCUT2D eigenvalue weighted by atomic mass is 10.1. The Morgan fingerprint density at radius 1 is 1.35 bits per heavy atom. The first-order chi connectivity index (χ1) is 17.6. The number of aliphatic hydroxyl groups excluding tert-OH is 1. The number of carbonyl (C=O) groups is 1. The van der Waals surface area contributed by atoms with E-state index >= 15 is 0 Å². The second kappa shape index (κ2) is 13.5. The number of esters is 1. The molecule has 1 saturated heterocycles. The van der Waals surface area contributed by atoms with E-state index in [1.165, 1.54) is 11.8 Å². The lowest BCUT2D eigenvalue weighted by molar-refractivity contribution is -0.146. The van der Waals surface area contributed by atoms with Gasteiger partial charge in [-0.25, -0.2) is 9.56 Å². The van der Waals surface area contributed by atoms with E-state index in [1.807, 2.05) is 18.7 Å². The van der Waals surface area contributed by atoms with Gasteiger partial charge in [-0.2, -0.15) is 5.09 Å². The van der Waals surface area contributed by atoms with Gasteiger partial charge in [0.2, 0.25) is 0 Å². The molecule has 0 bridgehead atoms. The fourth-order valence-corrected chi connectivity index (χ4v) is 6.90. The van der Waals surface area contributed by atoms with Crippen LogP contribution in [0.25, 0.3) is 0 Å². The van der Waals surface area contributed by atoms with Crippen molar-refractivity contribution in [3.05, 3.63) is 55.0 Å². The van der Waals surface area contributed by atoms with Crippen molar-refractivity contribution in [2.75, 3.05) is 13.2 Å². The fraction of sp³-hybridized carbons (Fsp3) is 0.520. The molecule has 0 spiro atoms. The molecule has 4 N–H and O–H groups in total. The minimum absolute atomic E-state index is 0.0790. The molecule has 10 nitrogen and oxygen atoms in total. The van der Waals surface area contributed by atoms with Gasteiger partial charge < -0.3 is 25.0 Å². The molecule has 1 unspecified atom stereocenters. The topological polar surface area (TPSA) is 136 Å². The number of rotatable bonds is 13. The SMILES string of the molecule is C=C1N=C(N)C=CN1[C@H]1C[C@@H](O)[C@@H](COP(=O)(N[C@@H](C)C(=O)OCC(CC)CC)Oc2ccccc2)S1. The van der Waals surface area contributed by atoms with E-state index in [-0.39, 0.29) is 17.9 Å². The highest BCUT2D eigenvalue weighted by Crippen LogP contribution is 2.47. The molecule has 2 aliphatic heterocycles. The van der Waals surface area contributed by atoms with Crippen molar-refractivity contribution >= 4 is 31.3 Å². The maximum absolute atomic E-state index is 13.8. The highest BCUT2D eigenvalue weighted by molar-refractivity contribution is 8.00. The first-order valence-corrected chi connectivity index (χ1v) is 14.9. The van der Waals surface area contributed by atoms with E-state index in [2.05, 4.69) is 16.7 Å². The van der Waals surface area contributed by atoms with Crippen LogP contribution < -0.4 is 15.3 Å². The molecule has 37 heavy (non-hydrogen) atoms. The van der Waals surface area contributed by atoms with E-state index in [1.54, 1.807) is 49.5 Å². The van der Waals surface area contributed by atoms with E-state index in [9.17, 15) is 14.5 Å². The summed E-state index contributed by atoms with van der Waals surface area (Å²) in [5.41, 5.74) is 5.72. The van der Waals surface area contributed by atoms with Crippen LogP contribution >= 0.6 is 19.5 Å². The maximum atomic E-state index is 13.8. The lowest BCUT2D eigenvalue weighted by Gasteiger charge is -2.28. The van der Waals surface area contributed by atoms with Crippen LogP contribution in [0.4, 0.5) is 0 Å². The van der Waals surface area contributed by atoms with Crippen LogP contribution in [0.2, 0.25) is 0 Å². The lowest BCUT2D eigenvalue weighted by Crippen LogP contribution is -2.36. The summed E-state index contributed by atoms with van der Waals surface area (Å²) in [7, 11) is -4.02. The molecule has 2 heterocycles. The molecule has 12 heteroatoms. The Morgan fingerprint density at radius 3 is 2.70 bits per heavy atom. The van der Waals surface area contributed by atoms with Gasteiger partial charge in [0.15, 0.2) is 0 Å². The summed E-state index contributed by atoms with van der Waals surface area (Å²) in [4.78, 5) is 18.6. The van der Waals surface area contributed by atoms with Gasteiger partial charge in [-0.15, -0.1) is 11.8 Å². The van der Waals surface area contributed by atoms with Gasteiger partial charge in [-0.3, -0.25) is 9.32 Å². The molecule has 2 aliphatic rings. The number of aliphatic hydroxyl groups is 1. The third-order valence-electron chi connectivity index (χ3n) is 6.18. The Bertz CT molecular complexity index is 1040. The summed E-state index contributed by atoms with van der Waals surface area (Å²) in [6, 6.07) is 7.62. The van der Waals surface area contributed by atoms with Gasteiger partial charge >= 0.3 is 13.7 Å². The second-order valence-electron chi connectivity index (χ2n) is 8.97. The zero-order chi connectivity index (χ0) is 27.0. The Kier molecular flexibility index (Phi) is 10.7. The normalized spacial score (nSPS) is 24.0. The van der Waals surface area contributed by atoms with Crippen LogP contribution in [0.15, 0.2) is 60.0 Å². The number of amidine groups is 1. The molecule has 204 valence electrons. The van der Waals surface area contributed by atoms with E-state index < -0.39 is 31.1 Å². The van der Waals surface area contributed by atoms with Crippen molar-refractivity contribution in [3.63, 3.8) is 0 Å². The molecule has 1 fully saturated rings. The number of nitrogens with zero attached hydrogens (tertiary/aromatic N) is 2. The molecule has 5 atom stereocenters. The predicted molar refractivity (Wildman–Crippen MR) is 146 cm³/mol. The van der Waals surface area contributed by atoms with E-state index in [4.69, 9.17) is 19.5 Å². The second-order valence-corrected chi connectivity index (χ2v) is 12.1. The van der Waals surface area contributed by atoms with Crippen molar-refractivity contribution in [2.24, 2.45) is 16.6 Å². The van der Waals surface area contributed by atoms with Crippen molar-refractivity contribution in [1.29, 1.82) is 0 Å². The highest BCUT2D eigenvalue weighted by Gasteiger charge is 2.40. The Balaban J connectivity index is 1.65. The zero-order valence-corrected chi connectivity index (χ0v) is 23.2. The predicted octanol–water partition coefficient (Wildman–Crippen LogP) is 4.00. The third kappa shape index (κ3) is 8.35. The Labute approximate surface area is 222 Å². The highest BCUT2D eigenvalue weighted by atomic mass is 32.2. The smallest absolute Gasteiger partial charge is 0.459 e. The number of para-hydroxylation sites is 1. The minimum Gasteiger partial charge on any atom is -0.464 e. The van der Waals surface area contributed by atoms with Gasteiger partial charge in [0.25, 0.3) is 0 Å². The summed E-state index contributed by atoms with van der Waals surface area (Å²) in [5, 5.41) is 12.8. The summed E-state index contributed by atoms with van der Waals surface area (Å²) in [6.45, 7) is 9.77. The van der Waals surface area contributed by atoms with Gasteiger partial charge in [0.05, 0.1) is 29.9 Å². The number of ether oxygens (including phenoxy) is 1. The monoisotopic (exact) mass is 552 g/mol. The summed E-state index contributed by atoms with van der Waals surface area (Å²) < 4.78 is 30.7. The number of benzene rings is 1. The Morgan fingerprint density at radius 2 is 2.05 bits per heavy atom. The number of carbonyl (C=O) groups excluding carboxylic acids is 1. The molecular weight excluding hydrogens is 515 g/mol. The van der Waals surface area contributed by atoms with Crippen molar-refractivity contribution < 1.29 is 28.3 Å². The maximum Gasteiger partial charge on any atom is 0.459 e. The summed E-state index contributed by atoms with van der Waals surface area (Å²) >= 11 is 1.45. The average molecular weight is 553 g/mol. The molecule has 0 saturated carbocycles. The summed E-state index contributed by atoms with van der Waals surface area (Å²) in [5.74, 6) is 0.882. The largest absolute Gasteiger partial charge is 0.464 e. The van der Waals surface area contributed by atoms with Gasteiger partial charge in [-0.1, -0.05) is 51.5 Å². The number of hydrogen-bond acceptors (Lipinski definition) is 10. The van der Waals surface area contributed by atoms with E-state index in [0.717, 1.165) is 12.8 Å². The number of hydrogen-bond donors (Lipinski definition) is 3. The average Bonchev–Trinajstić information content (AvgIpc) is 3.23. The minimum atomic E-state index is -4.02. The first kappa shape index (κ1) is 29.3. The van der Waals surface area contributed by atoms with Crippen LogP contribution in [0.5, 0.6) is 5.75 Å². The Hall–Kier alpha value is -2.30.